The van der Waals surface area contributed by atoms with Crippen LogP contribution in [-0.2, 0) is 16.1 Å². The monoisotopic (exact) mass is 363 g/mol. The van der Waals surface area contributed by atoms with Gasteiger partial charge >= 0.3 is 0 Å². The highest BCUT2D eigenvalue weighted by Crippen LogP contribution is 2.24. The molecule has 0 aliphatic carbocycles. The Balaban J connectivity index is 1.75. The van der Waals surface area contributed by atoms with Gasteiger partial charge in [0.15, 0.2) is 6.29 Å². The highest BCUT2D eigenvalue weighted by Gasteiger charge is 2.26. The maximum Gasteiger partial charge on any atom is 0.240 e. The third-order valence-electron chi connectivity index (χ3n) is 3.74. The van der Waals surface area contributed by atoms with Crippen molar-refractivity contribution in [3.63, 3.8) is 0 Å². The van der Waals surface area contributed by atoms with Crippen LogP contribution in [0.15, 0.2) is 28.9 Å². The Labute approximate surface area is 135 Å². The zero-order valence-electron chi connectivity index (χ0n) is 11.7. The van der Waals surface area contributed by atoms with Gasteiger partial charge in [-0.25, -0.2) is 0 Å². The Morgan fingerprint density at radius 3 is 2.82 bits per heavy atom. The summed E-state index contributed by atoms with van der Waals surface area (Å²) in [6, 6.07) is 5.62. The molecule has 1 aliphatic rings. The lowest BCUT2D eigenvalue weighted by Crippen LogP contribution is -2.58. The van der Waals surface area contributed by atoms with E-state index in [4.69, 9.17) is 0 Å². The molecule has 1 N–H and O–H groups in total. The van der Waals surface area contributed by atoms with E-state index in [9.17, 15) is 14.4 Å². The van der Waals surface area contributed by atoms with E-state index in [0.717, 1.165) is 28.1 Å². The molecule has 6 nitrogen and oxygen atoms in total. The van der Waals surface area contributed by atoms with Crippen LogP contribution >= 0.6 is 15.9 Å². The number of likely N-dealkylation sites (tertiary alicyclic amines) is 1. The first-order chi connectivity index (χ1) is 10.6. The lowest BCUT2D eigenvalue weighted by Gasteiger charge is -2.36. The first-order valence-corrected chi connectivity index (χ1v) is 7.62. The van der Waals surface area contributed by atoms with Gasteiger partial charge in [0.05, 0.1) is 6.04 Å². The predicted octanol–water partition coefficient (Wildman–Crippen LogP) is 1.17. The number of aromatic nitrogens is 1. The van der Waals surface area contributed by atoms with Crippen molar-refractivity contribution in [2.45, 2.75) is 12.6 Å². The van der Waals surface area contributed by atoms with Crippen LogP contribution in [0.3, 0.4) is 0 Å². The molecule has 0 saturated carbocycles. The Morgan fingerprint density at radius 1 is 1.36 bits per heavy atom. The molecule has 22 heavy (non-hydrogen) atoms. The summed E-state index contributed by atoms with van der Waals surface area (Å²) in [5.41, 5.74) is 1.39. The largest absolute Gasteiger partial charge is 0.348 e. The molecule has 3 rings (SSSR count). The van der Waals surface area contributed by atoms with E-state index in [2.05, 4.69) is 21.2 Å². The second-order valence-corrected chi connectivity index (χ2v) is 6.23. The molecule has 0 spiro atoms. The van der Waals surface area contributed by atoms with E-state index in [0.29, 0.717) is 18.7 Å². The summed E-state index contributed by atoms with van der Waals surface area (Å²) in [6.45, 7) is 1.24. The van der Waals surface area contributed by atoms with Gasteiger partial charge in [-0.05, 0) is 18.2 Å². The molecule has 0 unspecified atom stereocenters. The number of aldehydes is 1. The van der Waals surface area contributed by atoms with E-state index in [1.807, 2.05) is 18.2 Å². The van der Waals surface area contributed by atoms with Crippen molar-refractivity contribution in [2.24, 2.45) is 0 Å². The van der Waals surface area contributed by atoms with Crippen LogP contribution in [0.5, 0.6) is 0 Å². The van der Waals surface area contributed by atoms with Crippen molar-refractivity contribution in [3.05, 3.63) is 34.4 Å². The fraction of sp³-hybridized carbons (Fsp3) is 0.267. The Hall–Kier alpha value is -2.15. The number of hydrogen-bond donors (Lipinski definition) is 1. The molecule has 7 heteroatoms. The molecule has 2 amide bonds. The number of carbonyl (C=O) groups is 3. The molecule has 1 saturated heterocycles. The van der Waals surface area contributed by atoms with Crippen molar-refractivity contribution >= 4 is 45.4 Å². The second-order valence-electron chi connectivity index (χ2n) is 5.32. The van der Waals surface area contributed by atoms with Crippen LogP contribution in [-0.4, -0.2) is 47.2 Å². The Morgan fingerprint density at radius 2 is 2.14 bits per heavy atom. The van der Waals surface area contributed by atoms with Crippen LogP contribution in [0.25, 0.3) is 10.9 Å². The first kappa shape index (κ1) is 14.8. The zero-order chi connectivity index (χ0) is 15.7. The highest BCUT2D eigenvalue weighted by molar-refractivity contribution is 9.10. The first-order valence-electron chi connectivity index (χ1n) is 6.83. The van der Waals surface area contributed by atoms with Crippen molar-refractivity contribution in [3.8, 4) is 0 Å². The van der Waals surface area contributed by atoms with Gasteiger partial charge < -0.3 is 14.8 Å². The van der Waals surface area contributed by atoms with Gasteiger partial charge in [-0.3, -0.25) is 14.4 Å². The average molecular weight is 364 g/mol. The van der Waals surface area contributed by atoms with Crippen LogP contribution < -0.4 is 5.32 Å². The summed E-state index contributed by atoms with van der Waals surface area (Å²) in [7, 11) is 0. The van der Waals surface area contributed by atoms with E-state index >= 15 is 0 Å². The van der Waals surface area contributed by atoms with Gasteiger partial charge in [0, 0.05) is 40.2 Å². The quantitative estimate of drug-likeness (QED) is 0.810. The van der Waals surface area contributed by atoms with Crippen LogP contribution in [0.4, 0.5) is 0 Å². The highest BCUT2D eigenvalue weighted by atomic mass is 79.9. The summed E-state index contributed by atoms with van der Waals surface area (Å²) < 4.78 is 2.64. The van der Waals surface area contributed by atoms with Crippen molar-refractivity contribution < 1.29 is 14.4 Å². The fourth-order valence-corrected chi connectivity index (χ4v) is 3.00. The molecule has 1 aromatic heterocycles. The SMILES string of the molecule is O=Cc1cn(CC(=O)NC2CN(C=O)C2)c2ccc(Br)cc12. The lowest BCUT2D eigenvalue weighted by molar-refractivity contribution is -0.128. The summed E-state index contributed by atoms with van der Waals surface area (Å²) in [5.74, 6) is -0.132. The lowest BCUT2D eigenvalue weighted by atomic mass is 10.1. The molecule has 0 atom stereocenters. The molecule has 1 aliphatic heterocycles. The predicted molar refractivity (Wildman–Crippen MR) is 84.6 cm³/mol. The molecule has 0 bridgehead atoms. The molecule has 1 fully saturated rings. The van der Waals surface area contributed by atoms with Gasteiger partial charge in [0.1, 0.15) is 6.54 Å². The average Bonchev–Trinajstić information content (AvgIpc) is 2.79. The summed E-state index contributed by atoms with van der Waals surface area (Å²) >= 11 is 3.38. The third-order valence-corrected chi connectivity index (χ3v) is 4.23. The summed E-state index contributed by atoms with van der Waals surface area (Å²) in [5, 5.41) is 3.69. The molecular formula is C15H14BrN3O3. The number of amides is 2. The zero-order valence-corrected chi connectivity index (χ0v) is 13.2. The minimum Gasteiger partial charge on any atom is -0.348 e. The minimum atomic E-state index is -0.132. The maximum absolute atomic E-state index is 12.1. The third kappa shape index (κ3) is 2.76. The number of fused-ring (bicyclic) bond motifs is 1. The molecule has 0 radical (unpaired) electrons. The Kier molecular flexibility index (Phi) is 3.98. The van der Waals surface area contributed by atoms with Gasteiger partial charge in [0.25, 0.3) is 0 Å². The molecule has 1 aromatic carbocycles. The molecular weight excluding hydrogens is 350 g/mol. The van der Waals surface area contributed by atoms with Crippen LogP contribution in [0.2, 0.25) is 0 Å². The summed E-state index contributed by atoms with van der Waals surface area (Å²) in [6.07, 6.45) is 3.25. The van der Waals surface area contributed by atoms with Gasteiger partial charge in [-0.1, -0.05) is 15.9 Å². The van der Waals surface area contributed by atoms with E-state index < -0.39 is 0 Å². The number of hydrogen-bond acceptors (Lipinski definition) is 3. The summed E-state index contributed by atoms with van der Waals surface area (Å²) in [4.78, 5) is 35.3. The number of nitrogens with zero attached hydrogens (tertiary/aromatic N) is 2. The van der Waals surface area contributed by atoms with E-state index in [-0.39, 0.29) is 18.5 Å². The minimum absolute atomic E-state index is 0.0132. The van der Waals surface area contributed by atoms with E-state index in [1.165, 1.54) is 0 Å². The smallest absolute Gasteiger partial charge is 0.240 e. The topological polar surface area (TPSA) is 71.4 Å². The molecule has 2 heterocycles. The molecule has 114 valence electrons. The normalized spacial score (nSPS) is 14.7. The van der Waals surface area contributed by atoms with Gasteiger partial charge in [-0.15, -0.1) is 0 Å². The second kappa shape index (κ2) is 5.92. The van der Waals surface area contributed by atoms with E-state index in [1.54, 1.807) is 15.7 Å². The van der Waals surface area contributed by atoms with Gasteiger partial charge in [0.2, 0.25) is 12.3 Å². The maximum atomic E-state index is 12.1. The van der Waals surface area contributed by atoms with Crippen molar-refractivity contribution in [1.82, 2.24) is 14.8 Å². The Bertz CT molecular complexity index is 750. The van der Waals surface area contributed by atoms with Crippen LogP contribution in [0.1, 0.15) is 10.4 Å². The van der Waals surface area contributed by atoms with Gasteiger partial charge in [-0.2, -0.15) is 0 Å². The number of benzene rings is 1. The fourth-order valence-electron chi connectivity index (χ4n) is 2.64. The standard InChI is InChI=1S/C15H14BrN3O3/c16-11-1-2-14-13(3-11)10(8-20)4-19(14)7-15(22)17-12-5-18(6-12)9-21/h1-4,8-9,12H,5-7H2,(H,17,22). The van der Waals surface area contributed by atoms with Crippen LogP contribution in [0, 0.1) is 0 Å². The van der Waals surface area contributed by atoms with Crippen molar-refractivity contribution in [2.75, 3.05) is 13.1 Å². The number of rotatable bonds is 5. The van der Waals surface area contributed by atoms with Crippen molar-refractivity contribution in [1.29, 1.82) is 0 Å². The molecule has 2 aromatic rings. The number of nitrogens with one attached hydrogen (secondary N) is 1. The number of halogens is 1. The number of carbonyl (C=O) groups excluding carboxylic acids is 3.